The van der Waals surface area contributed by atoms with Crippen molar-refractivity contribution < 1.29 is 104 Å². The van der Waals surface area contributed by atoms with E-state index in [1.165, 1.54) is 31.4 Å². The van der Waals surface area contributed by atoms with Crippen LogP contribution in [0.15, 0.2) is 75.4 Å². The zero-order valence-corrected chi connectivity index (χ0v) is 37.6. The number of carbonyl (C=O) groups is 3. The number of nitrogens with zero attached hydrogens (tertiary/aromatic N) is 1. The van der Waals surface area contributed by atoms with Gasteiger partial charge in [0.2, 0.25) is 5.91 Å². The molecule has 1 heterocycles. The number of methoxy groups -OCH3 is 1. The van der Waals surface area contributed by atoms with Gasteiger partial charge in [0, 0.05) is 47.1 Å². The van der Waals surface area contributed by atoms with Crippen molar-refractivity contribution in [1.29, 1.82) is 0 Å². The van der Waals surface area contributed by atoms with E-state index < -0.39 is 49.1 Å². The molecule has 1 aliphatic rings. The standard InChI is InChI=1S/C25H24N2O12S3.C7H7O.C2F3O.Hg/c1-26-25(29)13-6-8-27(9-7-13)22(28)12-35-18-10-19(40-38-36-30)15-3-4-16-20(41-39-37-31)11-21(42(32,33)34)17-5-2-14(18)23(15)24(16)17;1-8-7-5-3-2-4-6-7;3-2(4,5)1-6;/h2-5,10-11,13,30-31H,6-9,12H2,1H3,(H,26,29)(H,32,33,34);3-6H,1H3;;/p-3. The molecule has 0 spiro atoms. The van der Waals surface area contributed by atoms with Gasteiger partial charge in [0.15, 0.2) is 6.61 Å². The summed E-state index contributed by atoms with van der Waals surface area (Å²) in [5.41, 5.74) is 0. The van der Waals surface area contributed by atoms with Crippen molar-refractivity contribution in [2.75, 3.05) is 33.9 Å². The molecule has 1 N–H and O–H groups in total. The Balaban J connectivity index is 0.000000348. The third kappa shape index (κ3) is 10.7. The summed E-state index contributed by atoms with van der Waals surface area (Å²) < 4.78 is 91.4. The summed E-state index contributed by atoms with van der Waals surface area (Å²) in [6.07, 6.45) is -3.63. The molecule has 0 aliphatic carbocycles. The molecule has 0 unspecified atom stereocenters. The van der Waals surface area contributed by atoms with Crippen molar-refractivity contribution in [3.63, 3.8) is 0 Å². The van der Waals surface area contributed by atoms with Crippen LogP contribution in [-0.4, -0.2) is 73.0 Å². The van der Waals surface area contributed by atoms with Crippen molar-refractivity contribution in [3.8, 4) is 11.5 Å². The van der Waals surface area contributed by atoms with Gasteiger partial charge >= 0.3 is 96.9 Å². The monoisotopic (exact) mass is 1040 g/mol. The number of piperidine rings is 1. The number of carbonyl (C=O) groups excluding carboxylic acids is 3. The van der Waals surface area contributed by atoms with Gasteiger partial charge in [0.1, 0.15) is 15.9 Å². The first-order chi connectivity index (χ1) is 27.1. The predicted octanol–water partition coefficient (Wildman–Crippen LogP) is 2.80. The van der Waals surface area contributed by atoms with Crippen LogP contribution < -0.4 is 28.4 Å². The van der Waals surface area contributed by atoms with Crippen LogP contribution in [0.5, 0.6) is 11.5 Å². The molecule has 6 rings (SSSR count). The molecule has 0 radical (unpaired) electrons. The Kier molecular flexibility index (Phi) is 15.2. The number of amides is 2. The van der Waals surface area contributed by atoms with Crippen molar-refractivity contribution in [3.05, 3.63) is 60.7 Å². The average molecular weight is 1040 g/mol. The van der Waals surface area contributed by atoms with Gasteiger partial charge in [-0.3, -0.25) is 19.7 Å². The van der Waals surface area contributed by atoms with Crippen LogP contribution in [0.2, 0.25) is 0 Å². The fraction of sp³-hybridized carbons (Fsp3) is 0.265. The quantitative estimate of drug-likeness (QED) is 0.0422. The van der Waals surface area contributed by atoms with Crippen molar-refractivity contribution in [1.82, 2.24) is 10.2 Å². The molecule has 0 aromatic heterocycles. The maximum absolute atomic E-state index is 13.0. The summed E-state index contributed by atoms with van der Waals surface area (Å²) in [6, 6.07) is 15.1. The second kappa shape index (κ2) is 19.5. The summed E-state index contributed by atoms with van der Waals surface area (Å²) in [4.78, 5) is 37.1. The molecule has 0 bridgehead atoms. The van der Waals surface area contributed by atoms with E-state index >= 15 is 0 Å². The molecule has 0 saturated carbocycles. The van der Waals surface area contributed by atoms with E-state index in [1.54, 1.807) is 42.3 Å². The molecule has 5 aromatic rings. The Morgan fingerprint density at radius 3 is 1.95 bits per heavy atom. The Labute approximate surface area is 342 Å². The Bertz CT molecular complexity index is 2350. The van der Waals surface area contributed by atoms with E-state index in [0.29, 0.717) is 90.7 Å². The van der Waals surface area contributed by atoms with Gasteiger partial charge < -0.3 is 30.0 Å². The van der Waals surface area contributed by atoms with Gasteiger partial charge in [0.25, 0.3) is 5.91 Å². The van der Waals surface area contributed by atoms with Crippen LogP contribution in [0.1, 0.15) is 12.8 Å². The molecule has 1 aliphatic heterocycles. The van der Waals surface area contributed by atoms with Crippen LogP contribution in [0.25, 0.3) is 32.3 Å². The van der Waals surface area contributed by atoms with E-state index in [4.69, 9.17) is 9.47 Å². The van der Waals surface area contributed by atoms with Crippen molar-refractivity contribution in [2.24, 2.45) is 5.92 Å². The summed E-state index contributed by atoms with van der Waals surface area (Å²) in [5.74, 6) is 0.232. The summed E-state index contributed by atoms with van der Waals surface area (Å²) in [7, 11) is -1.95. The third-order valence-electron chi connectivity index (χ3n) is 8.98. The molecule has 57 heavy (non-hydrogen) atoms. The molecule has 23 heteroatoms. The number of alkyl halides is 3. The fourth-order valence-corrected chi connectivity index (χ4v) is 12.2. The molecule has 302 valence electrons. The van der Waals surface area contributed by atoms with Crippen LogP contribution in [-0.2, 0) is 67.8 Å². The minimum absolute atomic E-state index is 0.0667. The number of likely N-dealkylation sites (tertiary alicyclic amines) is 1. The number of halogens is 3. The number of hydrogen-bond acceptors (Lipinski definition) is 16. The van der Waals surface area contributed by atoms with E-state index in [1.807, 2.05) is 0 Å². The normalized spacial score (nSPS) is 13.6. The summed E-state index contributed by atoms with van der Waals surface area (Å²) in [6.45, 7) is 0.417. The van der Waals surface area contributed by atoms with E-state index in [0.717, 1.165) is 6.07 Å². The van der Waals surface area contributed by atoms with Gasteiger partial charge in [0.05, 0.1) is 33.9 Å². The van der Waals surface area contributed by atoms with E-state index in [-0.39, 0.29) is 40.4 Å². The first kappa shape index (κ1) is 44.5. The van der Waals surface area contributed by atoms with Gasteiger partial charge in [-0.25, -0.2) is 8.42 Å². The molecule has 0 atom stereocenters. The molecular weight excluding hydrogens is 1010 g/mol. The van der Waals surface area contributed by atoms with Crippen molar-refractivity contribution >= 4 is 84.7 Å². The first-order valence-corrected chi connectivity index (χ1v) is 24.9. The predicted molar refractivity (Wildman–Crippen MR) is 187 cm³/mol. The zero-order chi connectivity index (χ0) is 41.5. The molecule has 5 aromatic carbocycles. The number of ether oxygens (including phenoxy) is 2. The number of rotatable bonds is 14. The van der Waals surface area contributed by atoms with Crippen LogP contribution >= 0.6 is 24.1 Å². The number of nitrogens with one attached hydrogen (secondary N) is 1. The SMILES string of the molecule is CNC(=O)C1CCN(C(=O)COc2cc(SOO[O-])c3ccc4c(SOO[O-])cc(S(=O)(=O)[O-])c5ccc2c3c45)CC1.COc1cc[c]([Hg][C](=O)C(F)(F)F)cc1. The summed E-state index contributed by atoms with van der Waals surface area (Å²) >= 11 is -1.73. The second-order valence-corrected chi connectivity index (χ2v) is 22.1. The van der Waals surface area contributed by atoms with Crippen LogP contribution in [0, 0.1) is 5.92 Å². The topological polar surface area (TPSA) is 225 Å². The Morgan fingerprint density at radius 2 is 1.42 bits per heavy atom. The summed E-state index contributed by atoms with van der Waals surface area (Å²) in [5, 5.41) is 32.9. The second-order valence-electron chi connectivity index (χ2n) is 12.2. The van der Waals surface area contributed by atoms with Crippen molar-refractivity contribution in [2.45, 2.75) is 33.7 Å². The number of hydrogen-bond donors (Lipinski definition) is 1. The first-order valence-electron chi connectivity index (χ1n) is 16.5. The number of benzene rings is 5. The Morgan fingerprint density at radius 1 is 0.877 bits per heavy atom. The van der Waals surface area contributed by atoms with E-state index in [2.05, 4.69) is 24.1 Å². The van der Waals surface area contributed by atoms with Gasteiger partial charge in [-0.05, 0) is 47.2 Å². The molecular formula is C34H28F3HgN2O14S3-3. The van der Waals surface area contributed by atoms with E-state index in [9.17, 15) is 51.0 Å². The molecule has 1 saturated heterocycles. The van der Waals surface area contributed by atoms with Gasteiger partial charge in [-0.2, -0.15) is 8.67 Å². The van der Waals surface area contributed by atoms with Gasteiger partial charge in [-0.15, -0.1) is 0 Å². The minimum atomic E-state index is -4.99. The molecule has 2 amide bonds. The van der Waals surface area contributed by atoms with Crippen LogP contribution in [0.3, 0.4) is 0 Å². The molecule has 16 nitrogen and oxygen atoms in total. The van der Waals surface area contributed by atoms with Crippen LogP contribution in [0.4, 0.5) is 13.2 Å². The van der Waals surface area contributed by atoms with Gasteiger partial charge in [-0.1, -0.05) is 18.2 Å². The maximum atomic E-state index is 13.0. The molecule has 1 fully saturated rings. The fourth-order valence-electron chi connectivity index (χ4n) is 6.29. The zero-order valence-electron chi connectivity index (χ0n) is 29.6. The average Bonchev–Trinajstić information content (AvgIpc) is 3.20. The Hall–Kier alpha value is -3.55. The third-order valence-corrected chi connectivity index (χ3v) is 17.4.